The maximum atomic E-state index is 12.5. The quantitative estimate of drug-likeness (QED) is 0.0274. The van der Waals surface area contributed by atoms with Crippen LogP contribution in [0.3, 0.4) is 0 Å². The average Bonchev–Trinajstić information content (AvgIpc) is 3.10. The Bertz CT molecular complexity index is 840. The molecular formula is C40H78NO8P. The van der Waals surface area contributed by atoms with Crippen molar-refractivity contribution in [1.29, 1.82) is 0 Å². The van der Waals surface area contributed by atoms with Gasteiger partial charge in [-0.05, 0) is 38.5 Å². The molecule has 1 unspecified atom stereocenters. The minimum absolute atomic E-state index is 0.0547. The molecule has 0 bridgehead atoms. The predicted molar refractivity (Wildman–Crippen MR) is 206 cm³/mol. The first-order chi connectivity index (χ1) is 24.3. The van der Waals surface area contributed by atoms with Crippen LogP contribution in [0.5, 0.6) is 0 Å². The highest BCUT2D eigenvalue weighted by Crippen LogP contribution is 2.43. The molecular weight excluding hydrogens is 653 g/mol. The molecule has 0 aliphatic rings. The number of hydrogen-bond acceptors (Lipinski definition) is 8. The Kier molecular flexibility index (Phi) is 36.6. The van der Waals surface area contributed by atoms with Crippen LogP contribution in [-0.4, -0.2) is 49.3 Å². The smallest absolute Gasteiger partial charge is 0.462 e. The van der Waals surface area contributed by atoms with Gasteiger partial charge in [0.2, 0.25) is 0 Å². The molecule has 0 aliphatic carbocycles. The van der Waals surface area contributed by atoms with Gasteiger partial charge in [0.05, 0.1) is 13.2 Å². The van der Waals surface area contributed by atoms with E-state index in [-0.39, 0.29) is 38.6 Å². The summed E-state index contributed by atoms with van der Waals surface area (Å²) in [7, 11) is -4.37. The van der Waals surface area contributed by atoms with Gasteiger partial charge in [-0.15, -0.1) is 0 Å². The SMILES string of the molecule is CCCCCCCC/C=C\CCCCCCCC(=O)O[C@H](COC(=O)CCCCCCCCCCCCCCCC)COP(=O)(O)OCCN. The van der Waals surface area contributed by atoms with Crippen molar-refractivity contribution in [2.45, 2.75) is 206 Å². The minimum Gasteiger partial charge on any atom is -0.462 e. The van der Waals surface area contributed by atoms with Gasteiger partial charge in [-0.2, -0.15) is 0 Å². The lowest BCUT2D eigenvalue weighted by atomic mass is 10.0. The lowest BCUT2D eigenvalue weighted by Gasteiger charge is -2.19. The summed E-state index contributed by atoms with van der Waals surface area (Å²) in [6, 6.07) is 0. The fraction of sp³-hybridized carbons (Fsp3) is 0.900. The van der Waals surface area contributed by atoms with Crippen molar-refractivity contribution in [1.82, 2.24) is 0 Å². The van der Waals surface area contributed by atoms with Crippen LogP contribution in [0.4, 0.5) is 0 Å². The number of phosphoric acid groups is 1. The Morgan fingerprint density at radius 1 is 0.580 bits per heavy atom. The molecule has 0 rings (SSSR count). The van der Waals surface area contributed by atoms with Crippen LogP contribution in [0.15, 0.2) is 12.2 Å². The molecule has 0 fully saturated rings. The van der Waals surface area contributed by atoms with E-state index in [1.165, 1.54) is 116 Å². The van der Waals surface area contributed by atoms with E-state index in [4.69, 9.17) is 24.3 Å². The zero-order valence-corrected chi connectivity index (χ0v) is 33.3. The zero-order valence-electron chi connectivity index (χ0n) is 32.4. The zero-order chi connectivity index (χ0) is 36.8. The number of hydrogen-bond donors (Lipinski definition) is 2. The third-order valence-corrected chi connectivity index (χ3v) is 9.89. The summed E-state index contributed by atoms with van der Waals surface area (Å²) in [6.45, 7) is 3.73. The van der Waals surface area contributed by atoms with Gasteiger partial charge >= 0.3 is 19.8 Å². The highest BCUT2D eigenvalue weighted by Gasteiger charge is 2.26. The second kappa shape index (κ2) is 37.5. The summed E-state index contributed by atoms with van der Waals surface area (Å²) in [5.41, 5.74) is 5.34. The van der Waals surface area contributed by atoms with E-state index in [0.717, 1.165) is 51.4 Å². The molecule has 50 heavy (non-hydrogen) atoms. The number of carbonyl (C=O) groups is 2. The van der Waals surface area contributed by atoms with Crippen molar-refractivity contribution in [2.75, 3.05) is 26.4 Å². The molecule has 296 valence electrons. The summed E-state index contributed by atoms with van der Waals surface area (Å²) >= 11 is 0. The van der Waals surface area contributed by atoms with E-state index >= 15 is 0 Å². The van der Waals surface area contributed by atoms with Crippen molar-refractivity contribution in [3.05, 3.63) is 12.2 Å². The van der Waals surface area contributed by atoms with Crippen molar-refractivity contribution in [3.8, 4) is 0 Å². The number of rotatable bonds is 39. The first-order valence-electron chi connectivity index (χ1n) is 20.7. The summed E-state index contributed by atoms with van der Waals surface area (Å²) < 4.78 is 32.7. The van der Waals surface area contributed by atoms with Crippen LogP contribution in [-0.2, 0) is 32.7 Å². The minimum atomic E-state index is -4.37. The monoisotopic (exact) mass is 732 g/mol. The van der Waals surface area contributed by atoms with Gasteiger partial charge in [0, 0.05) is 19.4 Å². The number of ether oxygens (including phenoxy) is 2. The van der Waals surface area contributed by atoms with Gasteiger partial charge in [-0.1, -0.05) is 161 Å². The number of allylic oxidation sites excluding steroid dienone is 2. The summed E-state index contributed by atoms with van der Waals surface area (Å²) in [5, 5.41) is 0. The molecule has 3 N–H and O–H groups in total. The molecule has 0 amide bonds. The van der Waals surface area contributed by atoms with Crippen molar-refractivity contribution in [3.63, 3.8) is 0 Å². The highest BCUT2D eigenvalue weighted by molar-refractivity contribution is 7.47. The molecule has 0 aromatic carbocycles. The molecule has 0 radical (unpaired) electrons. The number of phosphoric ester groups is 1. The van der Waals surface area contributed by atoms with E-state index in [1.807, 2.05) is 0 Å². The van der Waals surface area contributed by atoms with Gasteiger partial charge in [0.1, 0.15) is 6.61 Å². The third-order valence-electron chi connectivity index (χ3n) is 8.90. The Morgan fingerprint density at radius 2 is 0.980 bits per heavy atom. The van der Waals surface area contributed by atoms with Crippen molar-refractivity contribution >= 4 is 19.8 Å². The van der Waals surface area contributed by atoms with Crippen molar-refractivity contribution in [2.24, 2.45) is 5.73 Å². The van der Waals surface area contributed by atoms with Gasteiger partial charge < -0.3 is 20.1 Å². The first-order valence-corrected chi connectivity index (χ1v) is 22.2. The Morgan fingerprint density at radius 3 is 1.42 bits per heavy atom. The molecule has 9 nitrogen and oxygen atoms in total. The van der Waals surface area contributed by atoms with Crippen LogP contribution in [0.25, 0.3) is 0 Å². The largest absolute Gasteiger partial charge is 0.472 e. The normalized spacial score (nSPS) is 13.4. The van der Waals surface area contributed by atoms with Gasteiger partial charge in [-0.25, -0.2) is 4.57 Å². The van der Waals surface area contributed by atoms with Crippen LogP contribution in [0.1, 0.15) is 200 Å². The molecule has 0 saturated carbocycles. The topological polar surface area (TPSA) is 134 Å². The molecule has 0 spiro atoms. The summed E-state index contributed by atoms with van der Waals surface area (Å²) in [5.74, 6) is -0.830. The molecule has 10 heteroatoms. The average molecular weight is 732 g/mol. The Hall–Kier alpha value is -1.25. The fourth-order valence-electron chi connectivity index (χ4n) is 5.81. The van der Waals surface area contributed by atoms with Gasteiger partial charge in [0.15, 0.2) is 6.10 Å². The standard InChI is InChI=1S/C40H78NO8P/c1-3-5-7-9-11-13-15-17-19-21-23-25-27-29-31-33-40(43)49-38(37-48-50(44,45)47-35-34-41)36-46-39(42)32-30-28-26-24-22-20-18-16-14-12-10-8-6-4-2/h17,19,38H,3-16,18,20-37,41H2,1-2H3,(H,44,45)/b19-17-/t38-/m1/s1. The number of esters is 2. The van der Waals surface area contributed by atoms with Gasteiger partial charge in [-0.3, -0.25) is 18.6 Å². The maximum Gasteiger partial charge on any atom is 0.472 e. The molecule has 0 aliphatic heterocycles. The fourth-order valence-corrected chi connectivity index (χ4v) is 6.57. The lowest BCUT2D eigenvalue weighted by Crippen LogP contribution is -2.29. The van der Waals surface area contributed by atoms with Crippen LogP contribution >= 0.6 is 7.82 Å². The van der Waals surface area contributed by atoms with Crippen LogP contribution in [0.2, 0.25) is 0 Å². The first kappa shape index (κ1) is 48.8. The molecule has 0 aromatic heterocycles. The molecule has 0 saturated heterocycles. The third kappa shape index (κ3) is 36.5. The van der Waals surface area contributed by atoms with E-state index in [2.05, 4.69) is 26.0 Å². The van der Waals surface area contributed by atoms with E-state index in [0.29, 0.717) is 6.42 Å². The summed E-state index contributed by atoms with van der Waals surface area (Å²) in [4.78, 5) is 34.8. The Balaban J connectivity index is 4.17. The van der Waals surface area contributed by atoms with E-state index in [1.54, 1.807) is 0 Å². The van der Waals surface area contributed by atoms with Crippen LogP contribution < -0.4 is 5.73 Å². The molecule has 0 aromatic rings. The number of nitrogens with two attached hydrogens (primary N) is 1. The highest BCUT2D eigenvalue weighted by atomic mass is 31.2. The lowest BCUT2D eigenvalue weighted by molar-refractivity contribution is -0.161. The molecule has 0 heterocycles. The second-order valence-corrected chi connectivity index (χ2v) is 15.3. The summed E-state index contributed by atoms with van der Waals surface area (Å²) in [6.07, 6.45) is 36.6. The van der Waals surface area contributed by atoms with E-state index in [9.17, 15) is 19.0 Å². The van der Waals surface area contributed by atoms with Crippen molar-refractivity contribution < 1.29 is 37.6 Å². The number of carbonyl (C=O) groups excluding carboxylic acids is 2. The van der Waals surface area contributed by atoms with E-state index < -0.39 is 26.5 Å². The Labute approximate surface area is 307 Å². The van der Waals surface area contributed by atoms with Crippen LogP contribution in [0, 0.1) is 0 Å². The maximum absolute atomic E-state index is 12.5. The second-order valence-electron chi connectivity index (χ2n) is 13.9. The predicted octanol–water partition coefficient (Wildman–Crippen LogP) is 11.4. The molecule has 2 atom stereocenters. The number of unbranched alkanes of at least 4 members (excludes halogenated alkanes) is 24. The van der Waals surface area contributed by atoms with Gasteiger partial charge in [0.25, 0.3) is 0 Å².